The topological polar surface area (TPSA) is 90.7 Å². The second kappa shape index (κ2) is 8.37. The third kappa shape index (κ3) is 4.13. The molecule has 1 saturated heterocycles. The van der Waals surface area contributed by atoms with Crippen LogP contribution in [0.1, 0.15) is 5.56 Å². The highest BCUT2D eigenvalue weighted by Crippen LogP contribution is 2.21. The van der Waals surface area contributed by atoms with Gasteiger partial charge in [0, 0.05) is 26.2 Å². The third-order valence-electron chi connectivity index (χ3n) is 4.40. The van der Waals surface area contributed by atoms with E-state index in [2.05, 4.69) is 0 Å². The Kier molecular flexibility index (Phi) is 5.92. The van der Waals surface area contributed by atoms with Crippen LogP contribution in [0.4, 0.5) is 4.39 Å². The maximum Gasteiger partial charge on any atom is 0.260 e. The minimum atomic E-state index is -3.82. The number of piperazine rings is 1. The second-order valence-corrected chi connectivity index (χ2v) is 8.02. The fraction of sp³-hybridized carbons (Fsp3) is 0.263. The molecule has 1 aliphatic heterocycles. The van der Waals surface area contributed by atoms with Crippen molar-refractivity contribution in [1.29, 1.82) is 5.26 Å². The van der Waals surface area contributed by atoms with Crippen molar-refractivity contribution in [1.82, 2.24) is 9.21 Å². The number of nitriles is 1. The Morgan fingerprint density at radius 1 is 1.07 bits per heavy atom. The largest absolute Gasteiger partial charge is 0.481 e. The van der Waals surface area contributed by atoms with E-state index in [0.29, 0.717) is 0 Å². The molecule has 2 aromatic rings. The standard InChI is InChI=1S/C19H18FN3O4S/c20-16-6-2-3-7-17(16)27-14-19(24)22-9-11-23(12-10-22)28(25,26)18-8-4-1-5-15(18)13-21/h1-8H,9-12,14H2. The zero-order valence-electron chi connectivity index (χ0n) is 14.9. The third-order valence-corrected chi connectivity index (χ3v) is 6.36. The number of carbonyl (C=O) groups is 1. The predicted molar refractivity (Wildman–Crippen MR) is 98.4 cm³/mol. The maximum atomic E-state index is 13.5. The summed E-state index contributed by atoms with van der Waals surface area (Å²) in [4.78, 5) is 13.7. The van der Waals surface area contributed by atoms with Gasteiger partial charge in [0.1, 0.15) is 6.07 Å². The van der Waals surface area contributed by atoms with Crippen LogP contribution in [0.5, 0.6) is 5.75 Å². The van der Waals surface area contributed by atoms with E-state index in [-0.39, 0.29) is 54.9 Å². The molecule has 146 valence electrons. The Bertz CT molecular complexity index is 1010. The van der Waals surface area contributed by atoms with Crippen molar-refractivity contribution < 1.29 is 22.3 Å². The van der Waals surface area contributed by atoms with Crippen molar-refractivity contribution in [2.45, 2.75) is 4.90 Å². The van der Waals surface area contributed by atoms with Gasteiger partial charge in [0.15, 0.2) is 18.2 Å². The van der Waals surface area contributed by atoms with E-state index in [9.17, 15) is 17.6 Å². The van der Waals surface area contributed by atoms with Gasteiger partial charge in [-0.05, 0) is 24.3 Å². The molecule has 0 bridgehead atoms. The number of para-hydroxylation sites is 1. The molecule has 0 spiro atoms. The highest BCUT2D eigenvalue weighted by molar-refractivity contribution is 7.89. The predicted octanol–water partition coefficient (Wildman–Crippen LogP) is 1.61. The fourth-order valence-corrected chi connectivity index (χ4v) is 4.46. The number of ether oxygens (including phenoxy) is 1. The molecule has 0 atom stereocenters. The Morgan fingerprint density at radius 3 is 2.39 bits per heavy atom. The number of nitrogens with zero attached hydrogens (tertiary/aromatic N) is 3. The molecule has 0 unspecified atom stereocenters. The van der Waals surface area contributed by atoms with E-state index < -0.39 is 15.8 Å². The van der Waals surface area contributed by atoms with Gasteiger partial charge in [0.2, 0.25) is 10.0 Å². The van der Waals surface area contributed by atoms with Crippen LogP contribution in [-0.2, 0) is 14.8 Å². The molecule has 7 nitrogen and oxygen atoms in total. The monoisotopic (exact) mass is 403 g/mol. The molecular weight excluding hydrogens is 385 g/mol. The summed E-state index contributed by atoms with van der Waals surface area (Å²) < 4.78 is 45.6. The Morgan fingerprint density at radius 2 is 1.71 bits per heavy atom. The summed E-state index contributed by atoms with van der Waals surface area (Å²) in [5, 5.41) is 9.14. The molecule has 28 heavy (non-hydrogen) atoms. The van der Waals surface area contributed by atoms with E-state index in [4.69, 9.17) is 10.00 Å². The molecule has 3 rings (SSSR count). The van der Waals surface area contributed by atoms with E-state index >= 15 is 0 Å². The van der Waals surface area contributed by atoms with Crippen LogP contribution in [0.3, 0.4) is 0 Å². The maximum absolute atomic E-state index is 13.5. The van der Waals surface area contributed by atoms with E-state index in [1.807, 2.05) is 6.07 Å². The number of rotatable bonds is 5. The van der Waals surface area contributed by atoms with Gasteiger partial charge in [-0.1, -0.05) is 24.3 Å². The Hall–Kier alpha value is -2.96. The van der Waals surface area contributed by atoms with Crippen LogP contribution in [0.15, 0.2) is 53.4 Å². The average molecular weight is 403 g/mol. The highest BCUT2D eigenvalue weighted by atomic mass is 32.2. The molecule has 0 N–H and O–H groups in total. The Balaban J connectivity index is 1.60. The summed E-state index contributed by atoms with van der Waals surface area (Å²) in [6, 6.07) is 13.7. The zero-order valence-corrected chi connectivity index (χ0v) is 15.7. The van der Waals surface area contributed by atoms with Gasteiger partial charge in [0.05, 0.1) is 10.5 Å². The van der Waals surface area contributed by atoms with Gasteiger partial charge in [-0.2, -0.15) is 9.57 Å². The van der Waals surface area contributed by atoms with Gasteiger partial charge < -0.3 is 9.64 Å². The van der Waals surface area contributed by atoms with Crippen LogP contribution in [0.25, 0.3) is 0 Å². The van der Waals surface area contributed by atoms with Gasteiger partial charge in [0.25, 0.3) is 5.91 Å². The first-order valence-corrected chi connectivity index (χ1v) is 10.0. The van der Waals surface area contributed by atoms with Crippen LogP contribution < -0.4 is 4.74 Å². The van der Waals surface area contributed by atoms with Crippen molar-refractivity contribution in [3.63, 3.8) is 0 Å². The van der Waals surface area contributed by atoms with Gasteiger partial charge in [-0.25, -0.2) is 12.8 Å². The van der Waals surface area contributed by atoms with Gasteiger partial charge in [-0.15, -0.1) is 0 Å². The smallest absolute Gasteiger partial charge is 0.260 e. The molecule has 0 aromatic heterocycles. The SMILES string of the molecule is N#Cc1ccccc1S(=O)(=O)N1CCN(C(=O)COc2ccccc2F)CC1. The van der Waals surface area contributed by atoms with E-state index in [0.717, 1.165) is 0 Å². The molecule has 1 aliphatic rings. The molecule has 9 heteroatoms. The fourth-order valence-electron chi connectivity index (χ4n) is 2.89. The number of amides is 1. The molecule has 0 aliphatic carbocycles. The summed E-state index contributed by atoms with van der Waals surface area (Å²) in [6.07, 6.45) is 0. The quantitative estimate of drug-likeness (QED) is 0.757. The number of hydrogen-bond donors (Lipinski definition) is 0. The first kappa shape index (κ1) is 19.8. The van der Waals surface area contributed by atoms with Crippen molar-refractivity contribution in [3.05, 3.63) is 59.9 Å². The lowest BCUT2D eigenvalue weighted by Gasteiger charge is -2.34. The summed E-state index contributed by atoms with van der Waals surface area (Å²) in [5.41, 5.74) is 0.0827. The van der Waals surface area contributed by atoms with Crippen molar-refractivity contribution in [2.24, 2.45) is 0 Å². The Labute approximate surface area is 162 Å². The molecule has 1 fully saturated rings. The highest BCUT2D eigenvalue weighted by Gasteiger charge is 2.31. The normalized spacial score (nSPS) is 15.1. The van der Waals surface area contributed by atoms with Crippen LogP contribution in [0.2, 0.25) is 0 Å². The van der Waals surface area contributed by atoms with Crippen LogP contribution >= 0.6 is 0 Å². The number of halogens is 1. The molecule has 2 aromatic carbocycles. The lowest BCUT2D eigenvalue weighted by molar-refractivity contribution is -0.134. The number of benzene rings is 2. The minimum absolute atomic E-state index is 0.00910. The van der Waals surface area contributed by atoms with Crippen LogP contribution in [-0.4, -0.2) is 56.3 Å². The van der Waals surface area contributed by atoms with Crippen molar-refractivity contribution in [3.8, 4) is 11.8 Å². The summed E-state index contributed by atoms with van der Waals surface area (Å²) in [7, 11) is -3.82. The average Bonchev–Trinajstić information content (AvgIpc) is 2.73. The van der Waals surface area contributed by atoms with Crippen LogP contribution in [0, 0.1) is 17.1 Å². The summed E-state index contributed by atoms with van der Waals surface area (Å²) in [6.45, 7) is 0.257. The van der Waals surface area contributed by atoms with Crippen molar-refractivity contribution >= 4 is 15.9 Å². The van der Waals surface area contributed by atoms with Gasteiger partial charge >= 0.3 is 0 Å². The summed E-state index contributed by atoms with van der Waals surface area (Å²) in [5.74, 6) is -0.912. The lowest BCUT2D eigenvalue weighted by Crippen LogP contribution is -2.51. The van der Waals surface area contributed by atoms with E-state index in [1.54, 1.807) is 18.2 Å². The van der Waals surface area contributed by atoms with E-state index in [1.165, 1.54) is 39.5 Å². The number of carbonyl (C=O) groups excluding carboxylic acids is 1. The van der Waals surface area contributed by atoms with Gasteiger partial charge in [-0.3, -0.25) is 4.79 Å². The first-order chi connectivity index (χ1) is 13.4. The second-order valence-electron chi connectivity index (χ2n) is 6.11. The number of sulfonamides is 1. The number of hydrogen-bond acceptors (Lipinski definition) is 5. The first-order valence-electron chi connectivity index (χ1n) is 8.58. The molecule has 0 saturated carbocycles. The molecule has 1 heterocycles. The molecular formula is C19H18FN3O4S. The molecule has 0 radical (unpaired) electrons. The van der Waals surface area contributed by atoms with Crippen molar-refractivity contribution in [2.75, 3.05) is 32.8 Å². The molecule has 1 amide bonds. The minimum Gasteiger partial charge on any atom is -0.481 e. The summed E-state index contributed by atoms with van der Waals surface area (Å²) >= 11 is 0. The lowest BCUT2D eigenvalue weighted by atomic mass is 10.2. The zero-order chi connectivity index (χ0) is 20.1.